The normalized spacial score (nSPS) is 14.4. The predicted molar refractivity (Wildman–Crippen MR) is 220 cm³/mol. The Kier molecular flexibility index (Phi) is 10.6. The Morgan fingerprint density at radius 3 is 1.14 bits per heavy atom. The van der Waals surface area contributed by atoms with Crippen LogP contribution in [0.15, 0.2) is 53.8 Å². The smallest absolute Gasteiger partial charge is 0.0730 e. The van der Waals surface area contributed by atoms with Crippen molar-refractivity contribution < 1.29 is 0 Å². The predicted octanol–water partition coefficient (Wildman–Crippen LogP) is 12.4. The molecule has 0 fully saturated rings. The van der Waals surface area contributed by atoms with E-state index in [0.29, 0.717) is 0 Å². The van der Waals surface area contributed by atoms with Crippen molar-refractivity contribution in [2.75, 3.05) is 0 Å². The number of benzene rings is 2. The van der Waals surface area contributed by atoms with Gasteiger partial charge < -0.3 is 0 Å². The van der Waals surface area contributed by atoms with E-state index in [1.807, 2.05) is 16.3 Å². The van der Waals surface area contributed by atoms with Crippen LogP contribution in [0.3, 0.4) is 0 Å². The van der Waals surface area contributed by atoms with Crippen molar-refractivity contribution >= 4 is 67.6 Å². The van der Waals surface area contributed by atoms with Crippen LogP contribution in [-0.2, 0) is 0 Å². The first kappa shape index (κ1) is 37.0. The zero-order valence-electron chi connectivity index (χ0n) is 31.4. The highest BCUT2D eigenvalue weighted by molar-refractivity contribution is 6.98. The molecule has 0 spiro atoms. The van der Waals surface area contributed by atoms with Gasteiger partial charge in [0.2, 0.25) is 0 Å². The average molecular weight is 696 g/mol. The Labute approximate surface area is 275 Å². The zero-order chi connectivity index (χ0) is 33.1. The lowest BCUT2D eigenvalue weighted by atomic mass is 10.1. The zero-order valence-corrected chi connectivity index (χ0v) is 38.4. The molecule has 0 aliphatic heterocycles. The molecular weight excluding hydrogens is 629 g/mol. The molecule has 1 aromatic heterocycles. The molecule has 2 aromatic carbocycles. The summed E-state index contributed by atoms with van der Waals surface area (Å²) < 4.78 is 0. The fourth-order valence-corrected chi connectivity index (χ4v) is 51.0. The van der Waals surface area contributed by atoms with Gasteiger partial charge in [0.15, 0.2) is 0 Å². The van der Waals surface area contributed by atoms with Gasteiger partial charge in [-0.05, 0) is 48.1 Å². The third-order valence-corrected chi connectivity index (χ3v) is 39.6. The first-order valence-electron chi connectivity index (χ1n) is 16.8. The molecule has 0 N–H and O–H groups in total. The van der Waals surface area contributed by atoms with Crippen molar-refractivity contribution in [2.45, 2.75) is 133 Å². The standard InChI is InChI=1S/C36H66Si7/c1-38(2,3)34(39(4,5)6)30-25-31(35(40(7,8)9)41(10,11)12)33(32(26-30)36(42(13,14)15)43(16,17)18)37-24-23-28-21-19-20-22-29(28)27-37/h19-27,34-36H,1-18H3. The summed E-state index contributed by atoms with van der Waals surface area (Å²) in [5.74, 6) is 0. The molecule has 0 aliphatic carbocycles. The van der Waals surface area contributed by atoms with Crippen molar-refractivity contribution in [2.24, 2.45) is 0 Å². The molecule has 0 radical (unpaired) electrons. The van der Waals surface area contributed by atoms with E-state index < -0.39 is 56.8 Å². The lowest BCUT2D eigenvalue weighted by Crippen LogP contribution is -2.50. The van der Waals surface area contributed by atoms with Crippen molar-refractivity contribution in [3.05, 3.63) is 70.5 Å². The topological polar surface area (TPSA) is 0 Å². The molecule has 0 aliphatic rings. The first-order chi connectivity index (χ1) is 19.1. The minimum absolute atomic E-state index is 0.748. The number of fused-ring (bicyclic) bond motifs is 1. The maximum Gasteiger partial charge on any atom is 0.0737 e. The lowest BCUT2D eigenvalue weighted by molar-refractivity contribution is 1.09. The number of hydrogen-bond acceptors (Lipinski definition) is 0. The quantitative estimate of drug-likeness (QED) is 0.185. The van der Waals surface area contributed by atoms with Crippen LogP contribution in [0.5, 0.6) is 0 Å². The first-order valence-corrected chi connectivity index (χ1v) is 39.9. The summed E-state index contributed by atoms with van der Waals surface area (Å²) in [6.07, 6.45) is 0. The highest BCUT2D eigenvalue weighted by atomic mass is 28.4. The third kappa shape index (κ3) is 8.49. The SMILES string of the molecule is C[Si](C)(C)C(c1cc(C([Si](C)(C)C)[Si](C)(C)C)c(-[si]2ccc3ccccc3c2)c(C([Si](C)(C)C)[Si](C)(C)C)c1)[Si](C)(C)C. The van der Waals surface area contributed by atoms with Crippen LogP contribution >= 0.6 is 0 Å². The van der Waals surface area contributed by atoms with Crippen LogP contribution in [0.25, 0.3) is 16.0 Å². The fourth-order valence-electron chi connectivity index (χ4n) is 9.78. The Balaban J connectivity index is 2.72. The minimum Gasteiger partial charge on any atom is -0.0730 e. The molecule has 0 amide bonds. The summed E-state index contributed by atoms with van der Waals surface area (Å²) >= 11 is 0. The molecule has 7 heteroatoms. The summed E-state index contributed by atoms with van der Waals surface area (Å²) in [6.45, 7) is 48.2. The van der Waals surface area contributed by atoms with Crippen molar-refractivity contribution in [3.8, 4) is 5.19 Å². The van der Waals surface area contributed by atoms with Gasteiger partial charge in [0.1, 0.15) is 0 Å². The van der Waals surface area contributed by atoms with E-state index in [4.69, 9.17) is 0 Å². The van der Waals surface area contributed by atoms with Gasteiger partial charge in [-0.1, -0.05) is 172 Å². The van der Waals surface area contributed by atoms with E-state index in [-0.39, 0.29) is 0 Å². The van der Waals surface area contributed by atoms with Crippen molar-refractivity contribution in [1.29, 1.82) is 0 Å². The van der Waals surface area contributed by atoms with Gasteiger partial charge >= 0.3 is 0 Å². The highest BCUT2D eigenvalue weighted by Crippen LogP contribution is 2.48. The van der Waals surface area contributed by atoms with Crippen LogP contribution < -0.4 is 0 Å². The van der Waals surface area contributed by atoms with Gasteiger partial charge in [-0.15, -0.1) is 0 Å². The van der Waals surface area contributed by atoms with Gasteiger partial charge in [-0.3, -0.25) is 0 Å². The van der Waals surface area contributed by atoms with Gasteiger partial charge in [-0.25, -0.2) is 0 Å². The third-order valence-electron chi connectivity index (χ3n) is 9.41. The number of hydrogen-bond donors (Lipinski definition) is 0. The summed E-state index contributed by atoms with van der Waals surface area (Å²) in [6, 6.07) is 17.4. The van der Waals surface area contributed by atoms with E-state index >= 15 is 0 Å². The summed E-state index contributed by atoms with van der Waals surface area (Å²) in [5.41, 5.74) is 10.8. The van der Waals surface area contributed by atoms with Gasteiger partial charge in [0.25, 0.3) is 0 Å². The molecule has 3 aromatic rings. The molecule has 1 heterocycles. The molecule has 0 nitrogen and oxygen atoms in total. The van der Waals surface area contributed by atoms with Crippen LogP contribution in [0.4, 0.5) is 0 Å². The van der Waals surface area contributed by atoms with Gasteiger partial charge in [0.05, 0.1) is 8.40 Å². The lowest BCUT2D eigenvalue weighted by Gasteiger charge is -2.46. The Bertz CT molecular complexity index is 1340. The van der Waals surface area contributed by atoms with Crippen LogP contribution in [0.1, 0.15) is 32.2 Å². The molecule has 43 heavy (non-hydrogen) atoms. The van der Waals surface area contributed by atoms with Crippen molar-refractivity contribution in [3.63, 3.8) is 0 Å². The fraction of sp³-hybridized carbons (Fsp3) is 0.583. The summed E-state index contributed by atoms with van der Waals surface area (Å²) in [5, 5.41) is 6.94. The Hall–Kier alpha value is -0.432. The van der Waals surface area contributed by atoms with E-state index in [2.05, 4.69) is 172 Å². The maximum absolute atomic E-state index is 2.88. The van der Waals surface area contributed by atoms with E-state index in [9.17, 15) is 0 Å². The average Bonchev–Trinajstić information content (AvgIpc) is 2.72. The van der Waals surface area contributed by atoms with Gasteiger partial charge in [0, 0.05) is 48.4 Å². The number of rotatable bonds is 10. The maximum atomic E-state index is 2.88. The molecule has 0 atom stereocenters. The highest BCUT2D eigenvalue weighted by Gasteiger charge is 2.46. The molecule has 0 saturated heterocycles. The van der Waals surface area contributed by atoms with E-state index in [1.54, 1.807) is 5.56 Å². The largest absolute Gasteiger partial charge is 0.0737 e. The Morgan fingerprint density at radius 1 is 0.442 bits per heavy atom. The Morgan fingerprint density at radius 2 is 0.791 bits per heavy atom. The monoisotopic (exact) mass is 694 g/mol. The van der Waals surface area contributed by atoms with Crippen molar-refractivity contribution in [1.82, 2.24) is 0 Å². The van der Waals surface area contributed by atoms with E-state index in [0.717, 1.165) is 15.5 Å². The second-order valence-electron chi connectivity index (χ2n) is 20.1. The van der Waals surface area contributed by atoms with Crippen LogP contribution in [0.2, 0.25) is 118 Å². The molecule has 0 unspecified atom stereocenters. The van der Waals surface area contributed by atoms with Gasteiger partial charge in [-0.2, -0.15) is 0 Å². The molecule has 238 valence electrons. The molecule has 0 saturated carbocycles. The minimum atomic E-state index is -1.54. The summed E-state index contributed by atoms with van der Waals surface area (Å²) in [7, 11) is -10.1. The summed E-state index contributed by atoms with van der Waals surface area (Å²) in [4.78, 5) is 0. The molecular formula is C36H66Si7. The van der Waals surface area contributed by atoms with Crippen LogP contribution in [-0.4, -0.2) is 56.8 Å². The van der Waals surface area contributed by atoms with Crippen LogP contribution in [0, 0.1) is 0 Å². The molecule has 0 bridgehead atoms. The second-order valence-corrected chi connectivity index (χ2v) is 55.8. The molecule has 3 rings (SSSR count). The van der Waals surface area contributed by atoms with E-state index in [1.165, 1.54) is 10.8 Å². The second kappa shape index (κ2) is 12.3.